The highest BCUT2D eigenvalue weighted by Crippen LogP contribution is 2.33. The van der Waals surface area contributed by atoms with Gasteiger partial charge in [-0.15, -0.1) is 0 Å². The lowest BCUT2D eigenvalue weighted by atomic mass is 9.93. The Morgan fingerprint density at radius 2 is 1.76 bits per heavy atom. The minimum absolute atomic E-state index is 0.484. The minimum atomic E-state index is 0.484. The first-order chi connectivity index (χ1) is 7.91. The maximum atomic E-state index is 6.36. The van der Waals surface area contributed by atoms with E-state index in [0.717, 1.165) is 16.2 Å². The van der Waals surface area contributed by atoms with Gasteiger partial charge in [0.25, 0.3) is 0 Å². The second kappa shape index (κ2) is 4.30. The molecule has 90 valence electrons. The van der Waals surface area contributed by atoms with Crippen molar-refractivity contribution in [3.63, 3.8) is 0 Å². The van der Waals surface area contributed by atoms with Crippen LogP contribution >= 0.6 is 11.6 Å². The second-order valence-corrected chi connectivity index (χ2v) is 5.44. The number of nitrogens with zero attached hydrogens (tertiary/aromatic N) is 1. The Balaban J connectivity index is 2.94. The molecule has 0 atom stereocenters. The zero-order chi connectivity index (χ0) is 12.7. The van der Waals surface area contributed by atoms with Gasteiger partial charge in [0, 0.05) is 11.1 Å². The zero-order valence-electron chi connectivity index (χ0n) is 11.1. The Hall–Kier alpha value is -1.08. The third-order valence-corrected chi connectivity index (χ3v) is 3.57. The SMILES string of the molecule is Cc1cc(C)c2c(C)c(C(C)C)cc(Cl)c2n1. The Labute approximate surface area is 108 Å². The largest absolute Gasteiger partial charge is 0.252 e. The van der Waals surface area contributed by atoms with E-state index in [4.69, 9.17) is 11.6 Å². The summed E-state index contributed by atoms with van der Waals surface area (Å²) in [5.41, 5.74) is 5.84. The molecule has 0 saturated carbocycles. The van der Waals surface area contributed by atoms with E-state index < -0.39 is 0 Å². The van der Waals surface area contributed by atoms with Gasteiger partial charge in [0.15, 0.2) is 0 Å². The molecule has 2 aromatic rings. The van der Waals surface area contributed by atoms with Crippen LogP contribution in [0.5, 0.6) is 0 Å². The first-order valence-electron chi connectivity index (χ1n) is 5.98. The highest BCUT2D eigenvalue weighted by molar-refractivity contribution is 6.35. The predicted octanol–water partition coefficient (Wildman–Crippen LogP) is 4.94. The van der Waals surface area contributed by atoms with Crippen LogP contribution in [0.4, 0.5) is 0 Å². The summed E-state index contributed by atoms with van der Waals surface area (Å²) in [4.78, 5) is 4.57. The van der Waals surface area contributed by atoms with Crippen LogP contribution in [0.1, 0.15) is 42.1 Å². The van der Waals surface area contributed by atoms with Gasteiger partial charge in [0.05, 0.1) is 10.5 Å². The average molecular weight is 248 g/mol. The van der Waals surface area contributed by atoms with Crippen LogP contribution < -0.4 is 0 Å². The Morgan fingerprint density at radius 3 is 2.35 bits per heavy atom. The molecule has 0 aliphatic carbocycles. The fourth-order valence-electron chi connectivity index (χ4n) is 2.54. The second-order valence-electron chi connectivity index (χ2n) is 5.03. The van der Waals surface area contributed by atoms with Crippen molar-refractivity contribution in [3.05, 3.63) is 39.5 Å². The predicted molar refractivity (Wildman–Crippen MR) is 75.1 cm³/mol. The van der Waals surface area contributed by atoms with E-state index in [0.29, 0.717) is 5.92 Å². The molecule has 0 aliphatic rings. The normalized spacial score (nSPS) is 11.5. The summed E-state index contributed by atoms with van der Waals surface area (Å²) in [6, 6.07) is 4.19. The highest BCUT2D eigenvalue weighted by atomic mass is 35.5. The summed E-state index contributed by atoms with van der Waals surface area (Å²) in [6.07, 6.45) is 0. The first-order valence-corrected chi connectivity index (χ1v) is 6.36. The van der Waals surface area contributed by atoms with E-state index in [-0.39, 0.29) is 0 Å². The fraction of sp³-hybridized carbons (Fsp3) is 0.400. The van der Waals surface area contributed by atoms with Crippen molar-refractivity contribution in [1.29, 1.82) is 0 Å². The molecule has 0 saturated heterocycles. The average Bonchev–Trinajstić information content (AvgIpc) is 2.21. The Kier molecular flexibility index (Phi) is 3.13. The molecule has 2 heteroatoms. The van der Waals surface area contributed by atoms with E-state index in [9.17, 15) is 0 Å². The third kappa shape index (κ3) is 2.04. The quantitative estimate of drug-likeness (QED) is 0.696. The van der Waals surface area contributed by atoms with E-state index in [1.54, 1.807) is 0 Å². The van der Waals surface area contributed by atoms with Gasteiger partial charge in [0.1, 0.15) is 0 Å². The highest BCUT2D eigenvalue weighted by Gasteiger charge is 2.13. The molecule has 0 bridgehead atoms. The van der Waals surface area contributed by atoms with Crippen LogP contribution in [0.3, 0.4) is 0 Å². The maximum absolute atomic E-state index is 6.36. The van der Waals surface area contributed by atoms with Crippen molar-refractivity contribution < 1.29 is 0 Å². The molecule has 0 radical (unpaired) electrons. The minimum Gasteiger partial charge on any atom is -0.252 e. The Morgan fingerprint density at radius 1 is 1.12 bits per heavy atom. The molecule has 1 aromatic carbocycles. The van der Waals surface area contributed by atoms with Gasteiger partial charge in [-0.05, 0) is 55.5 Å². The van der Waals surface area contributed by atoms with Crippen molar-refractivity contribution in [2.75, 3.05) is 0 Å². The molecule has 0 fully saturated rings. The van der Waals surface area contributed by atoms with Crippen LogP contribution in [0, 0.1) is 20.8 Å². The molecule has 1 nitrogen and oxygen atoms in total. The summed E-state index contributed by atoms with van der Waals surface area (Å²) in [7, 11) is 0. The lowest BCUT2D eigenvalue weighted by molar-refractivity contribution is 0.859. The van der Waals surface area contributed by atoms with Crippen molar-refractivity contribution in [1.82, 2.24) is 4.98 Å². The first kappa shape index (κ1) is 12.4. The van der Waals surface area contributed by atoms with Crippen LogP contribution in [0.15, 0.2) is 12.1 Å². The van der Waals surface area contributed by atoms with Gasteiger partial charge in [-0.2, -0.15) is 0 Å². The molecule has 0 unspecified atom stereocenters. The molecule has 1 heterocycles. The molecule has 17 heavy (non-hydrogen) atoms. The molecule has 0 aliphatic heterocycles. The number of aryl methyl sites for hydroxylation is 3. The number of fused-ring (bicyclic) bond motifs is 1. The monoisotopic (exact) mass is 247 g/mol. The molecular weight excluding hydrogens is 230 g/mol. The Bertz CT molecular complexity index is 585. The zero-order valence-corrected chi connectivity index (χ0v) is 11.8. The van der Waals surface area contributed by atoms with Crippen LogP contribution in [0.25, 0.3) is 10.9 Å². The van der Waals surface area contributed by atoms with E-state index >= 15 is 0 Å². The number of rotatable bonds is 1. The third-order valence-electron chi connectivity index (χ3n) is 3.28. The van der Waals surface area contributed by atoms with Crippen LogP contribution in [0.2, 0.25) is 5.02 Å². The molecular formula is C15H18ClN. The van der Waals surface area contributed by atoms with Gasteiger partial charge in [-0.1, -0.05) is 25.4 Å². The number of halogens is 1. The van der Waals surface area contributed by atoms with Gasteiger partial charge in [-0.3, -0.25) is 4.98 Å². The maximum Gasteiger partial charge on any atom is 0.0896 e. The summed E-state index contributed by atoms with van der Waals surface area (Å²) < 4.78 is 0. The smallest absolute Gasteiger partial charge is 0.0896 e. The van der Waals surface area contributed by atoms with E-state index in [1.807, 2.05) is 6.92 Å². The van der Waals surface area contributed by atoms with E-state index in [2.05, 4.69) is 44.8 Å². The molecule has 0 spiro atoms. The van der Waals surface area contributed by atoms with E-state index in [1.165, 1.54) is 22.1 Å². The number of aromatic nitrogens is 1. The van der Waals surface area contributed by atoms with Gasteiger partial charge in [0.2, 0.25) is 0 Å². The molecule has 2 rings (SSSR count). The summed E-state index contributed by atoms with van der Waals surface area (Å²) in [5, 5.41) is 1.98. The van der Waals surface area contributed by atoms with Crippen LogP contribution in [-0.2, 0) is 0 Å². The standard InChI is InChI=1S/C15H18ClN/c1-8(2)12-7-13(16)15-14(11(12)5)9(3)6-10(4)17-15/h6-8H,1-5H3. The fourth-order valence-corrected chi connectivity index (χ4v) is 2.79. The van der Waals surface area contributed by atoms with Crippen molar-refractivity contribution in [2.45, 2.75) is 40.5 Å². The van der Waals surface area contributed by atoms with Gasteiger partial charge in [-0.25, -0.2) is 0 Å². The number of hydrogen-bond donors (Lipinski definition) is 0. The van der Waals surface area contributed by atoms with Crippen molar-refractivity contribution in [2.24, 2.45) is 0 Å². The molecule has 1 aromatic heterocycles. The van der Waals surface area contributed by atoms with Gasteiger partial charge < -0.3 is 0 Å². The number of hydrogen-bond acceptors (Lipinski definition) is 1. The lowest BCUT2D eigenvalue weighted by Crippen LogP contribution is -1.98. The van der Waals surface area contributed by atoms with Crippen molar-refractivity contribution >= 4 is 22.5 Å². The van der Waals surface area contributed by atoms with Gasteiger partial charge >= 0.3 is 0 Å². The molecule has 0 amide bonds. The number of pyridine rings is 1. The number of benzene rings is 1. The topological polar surface area (TPSA) is 12.9 Å². The summed E-state index contributed by atoms with van der Waals surface area (Å²) in [6.45, 7) is 10.7. The lowest BCUT2D eigenvalue weighted by Gasteiger charge is -2.15. The van der Waals surface area contributed by atoms with Crippen LogP contribution in [-0.4, -0.2) is 4.98 Å². The van der Waals surface area contributed by atoms with Crippen molar-refractivity contribution in [3.8, 4) is 0 Å². The summed E-state index contributed by atoms with van der Waals surface area (Å²) in [5.74, 6) is 0.484. The summed E-state index contributed by atoms with van der Waals surface area (Å²) >= 11 is 6.36. The molecule has 0 N–H and O–H groups in total.